The van der Waals surface area contributed by atoms with Crippen LogP contribution in [0.1, 0.15) is 35.2 Å². The Balaban J connectivity index is 2.73. The molecule has 0 amide bonds. The average Bonchev–Trinajstić information content (AvgIpc) is 2.45. The summed E-state index contributed by atoms with van der Waals surface area (Å²) in [5.74, 6) is 0. The lowest BCUT2D eigenvalue weighted by Gasteiger charge is -2.17. The van der Waals surface area contributed by atoms with Crippen LogP contribution in [0.15, 0.2) is 18.7 Å². The monoisotopic (exact) mass is 209 g/mol. The Kier molecular flexibility index (Phi) is 3.90. The van der Waals surface area contributed by atoms with Crippen LogP contribution in [0.2, 0.25) is 0 Å². The maximum absolute atomic E-state index is 3.78. The van der Waals surface area contributed by atoms with Gasteiger partial charge >= 0.3 is 0 Å². The molecule has 0 aliphatic carbocycles. The van der Waals surface area contributed by atoms with E-state index in [-0.39, 0.29) is 0 Å². The second kappa shape index (κ2) is 4.76. The number of hydrogen-bond acceptors (Lipinski definition) is 2. The quantitative estimate of drug-likeness (QED) is 0.747. The van der Waals surface area contributed by atoms with Gasteiger partial charge in [0.05, 0.1) is 0 Å². The molecular weight excluding hydrogens is 190 g/mol. The van der Waals surface area contributed by atoms with Gasteiger partial charge in [0.2, 0.25) is 0 Å². The van der Waals surface area contributed by atoms with E-state index in [9.17, 15) is 0 Å². The molecule has 1 heterocycles. The molecule has 1 nitrogen and oxygen atoms in total. The first-order valence-corrected chi connectivity index (χ1v) is 5.81. The van der Waals surface area contributed by atoms with Crippen LogP contribution in [0.4, 0.5) is 0 Å². The van der Waals surface area contributed by atoms with Gasteiger partial charge in [-0.3, -0.25) is 0 Å². The Morgan fingerprint density at radius 1 is 1.43 bits per heavy atom. The van der Waals surface area contributed by atoms with E-state index in [0.29, 0.717) is 12.1 Å². The van der Waals surface area contributed by atoms with Gasteiger partial charge in [0.15, 0.2) is 0 Å². The van der Waals surface area contributed by atoms with Crippen molar-refractivity contribution in [3.05, 3.63) is 34.0 Å². The van der Waals surface area contributed by atoms with Crippen LogP contribution in [0, 0.1) is 13.8 Å². The SMILES string of the molecule is C=CC(C)NC(C)c1cc(C)sc1C. The highest BCUT2D eigenvalue weighted by Crippen LogP contribution is 2.26. The predicted octanol–water partition coefficient (Wildman–Crippen LogP) is 3.59. The predicted molar refractivity (Wildman–Crippen MR) is 65.0 cm³/mol. The number of hydrogen-bond donors (Lipinski definition) is 1. The third kappa shape index (κ3) is 2.69. The van der Waals surface area contributed by atoms with Gasteiger partial charge < -0.3 is 5.32 Å². The summed E-state index contributed by atoms with van der Waals surface area (Å²) in [6, 6.07) is 3.05. The summed E-state index contributed by atoms with van der Waals surface area (Å²) >= 11 is 1.87. The Bertz CT molecular complexity index is 314. The minimum Gasteiger partial charge on any atom is -0.304 e. The number of rotatable bonds is 4. The summed E-state index contributed by atoms with van der Waals surface area (Å²) in [6.45, 7) is 12.4. The van der Waals surface area contributed by atoms with Gasteiger partial charge in [0.25, 0.3) is 0 Å². The third-order valence-electron chi connectivity index (χ3n) is 2.41. The Morgan fingerprint density at radius 2 is 2.07 bits per heavy atom. The van der Waals surface area contributed by atoms with Crippen molar-refractivity contribution in [2.45, 2.75) is 39.8 Å². The van der Waals surface area contributed by atoms with Crippen molar-refractivity contribution in [2.75, 3.05) is 0 Å². The molecule has 1 N–H and O–H groups in total. The van der Waals surface area contributed by atoms with Gasteiger partial charge in [-0.05, 0) is 39.3 Å². The minimum absolute atomic E-state index is 0.365. The molecule has 0 radical (unpaired) electrons. The van der Waals surface area contributed by atoms with Gasteiger partial charge in [-0.25, -0.2) is 0 Å². The highest BCUT2D eigenvalue weighted by molar-refractivity contribution is 7.12. The van der Waals surface area contributed by atoms with Gasteiger partial charge in [0, 0.05) is 21.8 Å². The lowest BCUT2D eigenvalue weighted by Crippen LogP contribution is -2.26. The number of nitrogens with one attached hydrogen (secondary N) is 1. The van der Waals surface area contributed by atoms with Gasteiger partial charge in [-0.2, -0.15) is 0 Å². The van der Waals surface area contributed by atoms with Gasteiger partial charge in [-0.1, -0.05) is 6.08 Å². The summed E-state index contributed by atoms with van der Waals surface area (Å²) in [7, 11) is 0. The van der Waals surface area contributed by atoms with Crippen molar-refractivity contribution in [3.8, 4) is 0 Å². The number of aryl methyl sites for hydroxylation is 2. The fourth-order valence-corrected chi connectivity index (χ4v) is 2.65. The smallest absolute Gasteiger partial charge is 0.0308 e. The zero-order chi connectivity index (χ0) is 10.7. The molecule has 0 fully saturated rings. The van der Waals surface area contributed by atoms with Crippen molar-refractivity contribution < 1.29 is 0 Å². The van der Waals surface area contributed by atoms with E-state index >= 15 is 0 Å². The van der Waals surface area contributed by atoms with Crippen molar-refractivity contribution in [1.82, 2.24) is 5.32 Å². The van der Waals surface area contributed by atoms with Crippen molar-refractivity contribution in [1.29, 1.82) is 0 Å². The second-order valence-electron chi connectivity index (χ2n) is 3.78. The Labute approximate surface area is 90.9 Å². The zero-order valence-corrected chi connectivity index (χ0v) is 10.2. The zero-order valence-electron chi connectivity index (χ0n) is 9.42. The van der Waals surface area contributed by atoms with E-state index in [1.54, 1.807) is 0 Å². The molecule has 1 rings (SSSR count). The fourth-order valence-electron chi connectivity index (χ4n) is 1.63. The first kappa shape index (κ1) is 11.5. The molecule has 2 unspecified atom stereocenters. The molecule has 2 atom stereocenters. The molecule has 2 heteroatoms. The van der Waals surface area contributed by atoms with E-state index < -0.39 is 0 Å². The summed E-state index contributed by atoms with van der Waals surface area (Å²) in [6.07, 6.45) is 1.94. The normalized spacial score (nSPS) is 15.1. The summed E-state index contributed by atoms with van der Waals surface area (Å²) in [5, 5.41) is 3.49. The van der Waals surface area contributed by atoms with E-state index in [1.165, 1.54) is 15.3 Å². The topological polar surface area (TPSA) is 12.0 Å². The molecule has 0 aromatic carbocycles. The summed E-state index contributed by atoms with van der Waals surface area (Å²) in [5.41, 5.74) is 1.42. The standard InChI is InChI=1S/C12H19NS/c1-6-8(2)13-10(4)12-7-9(3)14-11(12)5/h6-8,10,13H,1H2,2-5H3. The molecule has 0 bridgehead atoms. The van der Waals surface area contributed by atoms with Crippen LogP contribution in [-0.4, -0.2) is 6.04 Å². The maximum Gasteiger partial charge on any atom is 0.0308 e. The average molecular weight is 209 g/mol. The van der Waals surface area contributed by atoms with Crippen LogP contribution in [-0.2, 0) is 0 Å². The molecule has 0 spiro atoms. The van der Waals surface area contributed by atoms with Crippen molar-refractivity contribution in [2.24, 2.45) is 0 Å². The molecule has 78 valence electrons. The van der Waals surface area contributed by atoms with E-state index in [2.05, 4.69) is 45.7 Å². The third-order valence-corrected chi connectivity index (χ3v) is 3.39. The molecule has 0 saturated heterocycles. The minimum atomic E-state index is 0.365. The lowest BCUT2D eigenvalue weighted by atomic mass is 10.1. The highest BCUT2D eigenvalue weighted by atomic mass is 32.1. The largest absolute Gasteiger partial charge is 0.304 e. The van der Waals surface area contributed by atoms with Crippen LogP contribution >= 0.6 is 11.3 Å². The lowest BCUT2D eigenvalue weighted by molar-refractivity contribution is 0.536. The van der Waals surface area contributed by atoms with E-state index in [4.69, 9.17) is 0 Å². The molecule has 1 aromatic rings. The first-order valence-electron chi connectivity index (χ1n) is 5.00. The Morgan fingerprint density at radius 3 is 2.50 bits per heavy atom. The molecule has 0 aliphatic heterocycles. The van der Waals surface area contributed by atoms with Crippen LogP contribution < -0.4 is 5.32 Å². The van der Waals surface area contributed by atoms with Gasteiger partial charge in [0.1, 0.15) is 0 Å². The van der Waals surface area contributed by atoms with Crippen molar-refractivity contribution >= 4 is 11.3 Å². The first-order chi connectivity index (χ1) is 6.54. The fraction of sp³-hybridized carbons (Fsp3) is 0.500. The summed E-state index contributed by atoms with van der Waals surface area (Å²) < 4.78 is 0. The van der Waals surface area contributed by atoms with Crippen molar-refractivity contribution in [3.63, 3.8) is 0 Å². The van der Waals surface area contributed by atoms with Crippen LogP contribution in [0.5, 0.6) is 0 Å². The van der Waals surface area contributed by atoms with Crippen LogP contribution in [0.3, 0.4) is 0 Å². The van der Waals surface area contributed by atoms with Gasteiger partial charge in [-0.15, -0.1) is 17.9 Å². The molecule has 1 aromatic heterocycles. The van der Waals surface area contributed by atoms with E-state index in [0.717, 1.165) is 0 Å². The second-order valence-corrected chi connectivity index (χ2v) is 5.24. The molecule has 0 saturated carbocycles. The molecule has 0 aliphatic rings. The number of thiophene rings is 1. The molecule has 14 heavy (non-hydrogen) atoms. The summed E-state index contributed by atoms with van der Waals surface area (Å²) in [4.78, 5) is 2.80. The Hall–Kier alpha value is -0.600. The highest BCUT2D eigenvalue weighted by Gasteiger charge is 2.11. The van der Waals surface area contributed by atoms with E-state index in [1.807, 2.05) is 17.4 Å². The van der Waals surface area contributed by atoms with Crippen LogP contribution in [0.25, 0.3) is 0 Å². The maximum atomic E-state index is 3.78. The molecular formula is C12H19NS.